The first kappa shape index (κ1) is 34.5. The van der Waals surface area contributed by atoms with Crippen molar-refractivity contribution in [1.82, 2.24) is 15.3 Å². The second-order valence-corrected chi connectivity index (χ2v) is 9.67. The number of aromatic nitrogens is 2. The number of oxazole rings is 1. The first-order chi connectivity index (χ1) is 21.4. The number of amides is 2. The number of nitrogens with zero attached hydrogens (tertiary/aromatic N) is 2. The molecule has 12 nitrogen and oxygen atoms in total. The molecule has 240 valence electrons. The van der Waals surface area contributed by atoms with E-state index in [1.54, 1.807) is 0 Å². The first-order valence-corrected chi connectivity index (χ1v) is 13.7. The van der Waals surface area contributed by atoms with Crippen LogP contribution in [-0.2, 0) is 16.0 Å². The highest BCUT2D eigenvalue weighted by Gasteiger charge is 2.38. The molecule has 2 aromatic heterocycles. The second-order valence-electron chi connectivity index (χ2n) is 9.67. The van der Waals surface area contributed by atoms with E-state index in [1.165, 1.54) is 19.6 Å². The number of aliphatic carboxylic acids is 1. The van der Waals surface area contributed by atoms with Gasteiger partial charge < -0.3 is 36.4 Å². The molecule has 2 amide bonds. The number of para-hydroxylation sites is 1. The lowest BCUT2D eigenvalue weighted by molar-refractivity contribution is -0.192. The second kappa shape index (κ2) is 16.2. The monoisotopic (exact) mass is 630 g/mol. The zero-order valence-corrected chi connectivity index (χ0v) is 24.2. The van der Waals surface area contributed by atoms with Crippen LogP contribution in [0.25, 0.3) is 10.9 Å². The lowest BCUT2D eigenvalue weighted by atomic mass is 10.0. The summed E-state index contributed by atoms with van der Waals surface area (Å²) in [6.07, 6.45) is -0.0152. The molecule has 2 atom stereocenters. The van der Waals surface area contributed by atoms with Crippen molar-refractivity contribution in [3.05, 3.63) is 84.2 Å². The predicted octanol–water partition coefficient (Wildman–Crippen LogP) is 3.97. The van der Waals surface area contributed by atoms with Crippen molar-refractivity contribution in [3.8, 4) is 5.75 Å². The number of rotatable bonds is 12. The molecule has 0 spiro atoms. The van der Waals surface area contributed by atoms with Crippen LogP contribution in [0.15, 0.2) is 71.5 Å². The molecule has 7 N–H and O–H groups in total. The van der Waals surface area contributed by atoms with E-state index < -0.39 is 30.1 Å². The van der Waals surface area contributed by atoms with E-state index in [1.807, 2.05) is 54.6 Å². The van der Waals surface area contributed by atoms with Crippen molar-refractivity contribution >= 4 is 34.4 Å². The zero-order valence-electron chi connectivity index (χ0n) is 24.2. The van der Waals surface area contributed by atoms with E-state index in [9.17, 15) is 22.8 Å². The van der Waals surface area contributed by atoms with Crippen molar-refractivity contribution in [3.63, 3.8) is 0 Å². The van der Waals surface area contributed by atoms with E-state index in [0.29, 0.717) is 43.7 Å². The SMILES string of the molecule is COc1c(NC(=O)c2coc([C@@H](CCc3ccccc3)NC(=O)[C@H](N)CCCN)n2)cnc2ccccc12.O=C(O)C(F)(F)F. The molecule has 0 bridgehead atoms. The number of carbonyl (C=O) groups is 3. The molecule has 0 unspecified atom stereocenters. The topological polar surface area (TPSA) is 196 Å². The molecule has 0 saturated heterocycles. The van der Waals surface area contributed by atoms with Crippen LogP contribution in [0, 0.1) is 0 Å². The molecular weight excluding hydrogens is 597 g/mol. The Labute approximate surface area is 256 Å². The highest BCUT2D eigenvalue weighted by atomic mass is 19.4. The standard InChI is InChI=1S/C28H32N6O4.C2HF3O2/c1-37-25-19-10-5-6-12-21(19)31-16-23(25)33-27(36)24-17-38-28(34-24)22(14-13-18-8-3-2-4-9-18)32-26(35)20(30)11-7-15-29;3-2(4,5)1(6)7/h2-6,8-10,12,16-17,20,22H,7,11,13-15,29-30H2,1H3,(H,32,35)(H,33,36);(H,6,7)/t20-,22-;/m1./s1. The summed E-state index contributed by atoms with van der Waals surface area (Å²) in [4.78, 5) is 43.5. The molecule has 4 aromatic rings. The Balaban J connectivity index is 0.000000707. The van der Waals surface area contributed by atoms with Crippen molar-refractivity contribution in [2.75, 3.05) is 19.0 Å². The molecule has 2 aromatic carbocycles. The lowest BCUT2D eigenvalue weighted by Gasteiger charge is -2.19. The number of ether oxygens (including phenoxy) is 1. The van der Waals surface area contributed by atoms with Crippen LogP contribution < -0.4 is 26.8 Å². The van der Waals surface area contributed by atoms with Gasteiger partial charge in [0.1, 0.15) is 18.0 Å². The smallest absolute Gasteiger partial charge is 0.490 e. The number of hydrogen-bond donors (Lipinski definition) is 5. The number of methoxy groups -OCH3 is 1. The fourth-order valence-corrected chi connectivity index (χ4v) is 4.12. The normalized spacial score (nSPS) is 12.4. The predicted molar refractivity (Wildman–Crippen MR) is 158 cm³/mol. The van der Waals surface area contributed by atoms with Crippen LogP contribution in [0.4, 0.5) is 18.9 Å². The third-order valence-corrected chi connectivity index (χ3v) is 6.41. The van der Waals surface area contributed by atoms with Crippen molar-refractivity contribution in [1.29, 1.82) is 0 Å². The third-order valence-electron chi connectivity index (χ3n) is 6.41. The molecule has 0 saturated carbocycles. The van der Waals surface area contributed by atoms with Gasteiger partial charge in [-0.05, 0) is 49.9 Å². The summed E-state index contributed by atoms with van der Waals surface area (Å²) >= 11 is 0. The fourth-order valence-electron chi connectivity index (χ4n) is 4.12. The van der Waals surface area contributed by atoms with Gasteiger partial charge in [0.2, 0.25) is 11.8 Å². The maximum atomic E-state index is 13.0. The molecule has 0 aliphatic rings. The Hall–Kier alpha value is -5.02. The van der Waals surface area contributed by atoms with Gasteiger partial charge in [0, 0.05) is 5.39 Å². The van der Waals surface area contributed by atoms with Gasteiger partial charge in [-0.15, -0.1) is 0 Å². The number of nitrogens with one attached hydrogen (secondary N) is 2. The van der Waals surface area contributed by atoms with Crippen molar-refractivity contribution in [2.24, 2.45) is 11.5 Å². The Bertz CT molecular complexity index is 1580. The quantitative estimate of drug-likeness (QED) is 0.153. The number of hydrogen-bond acceptors (Lipinski definition) is 9. The number of carbonyl (C=O) groups excluding carboxylic acids is 2. The van der Waals surface area contributed by atoms with Crippen LogP contribution >= 0.6 is 0 Å². The number of alkyl halides is 3. The van der Waals surface area contributed by atoms with Crippen LogP contribution in [-0.4, -0.2) is 58.7 Å². The van der Waals surface area contributed by atoms with E-state index >= 15 is 0 Å². The maximum Gasteiger partial charge on any atom is 0.490 e. The summed E-state index contributed by atoms with van der Waals surface area (Å²) in [6.45, 7) is 0.453. The molecule has 0 fully saturated rings. The van der Waals surface area contributed by atoms with Gasteiger partial charge in [-0.2, -0.15) is 13.2 Å². The molecule has 0 radical (unpaired) electrons. The van der Waals surface area contributed by atoms with E-state index in [2.05, 4.69) is 20.6 Å². The minimum absolute atomic E-state index is 0.0570. The lowest BCUT2D eigenvalue weighted by Crippen LogP contribution is -2.42. The molecule has 15 heteroatoms. The fraction of sp³-hybridized carbons (Fsp3) is 0.300. The molecule has 0 aliphatic heterocycles. The summed E-state index contributed by atoms with van der Waals surface area (Å²) < 4.78 is 42.9. The van der Waals surface area contributed by atoms with Gasteiger partial charge >= 0.3 is 12.1 Å². The number of fused-ring (bicyclic) bond motifs is 1. The average molecular weight is 631 g/mol. The van der Waals surface area contributed by atoms with Crippen LogP contribution in [0.3, 0.4) is 0 Å². The number of aryl methyl sites for hydroxylation is 1. The number of carboxylic acids is 1. The zero-order chi connectivity index (χ0) is 33.0. The number of pyridine rings is 1. The Kier molecular flexibility index (Phi) is 12.4. The number of halogens is 3. The average Bonchev–Trinajstić information content (AvgIpc) is 3.52. The molecular formula is C30H33F3N6O6. The van der Waals surface area contributed by atoms with Crippen LogP contribution in [0.2, 0.25) is 0 Å². The Morgan fingerprint density at radius 2 is 1.73 bits per heavy atom. The van der Waals surface area contributed by atoms with Gasteiger partial charge in [-0.1, -0.05) is 42.5 Å². The number of nitrogens with two attached hydrogens (primary N) is 2. The first-order valence-electron chi connectivity index (χ1n) is 13.7. The Morgan fingerprint density at radius 3 is 2.38 bits per heavy atom. The van der Waals surface area contributed by atoms with Gasteiger partial charge in [-0.25, -0.2) is 9.78 Å². The van der Waals surface area contributed by atoms with Crippen LogP contribution in [0.5, 0.6) is 5.75 Å². The van der Waals surface area contributed by atoms with Gasteiger partial charge in [0.15, 0.2) is 11.4 Å². The summed E-state index contributed by atoms with van der Waals surface area (Å²) in [6, 6.07) is 16.0. The van der Waals surface area contributed by atoms with E-state index in [-0.39, 0.29) is 17.5 Å². The molecule has 0 aliphatic carbocycles. The largest absolute Gasteiger partial charge is 0.494 e. The number of carboxylic acid groups (broad SMARTS) is 1. The number of benzene rings is 2. The summed E-state index contributed by atoms with van der Waals surface area (Å²) in [7, 11) is 1.53. The molecule has 4 rings (SSSR count). The third kappa shape index (κ3) is 10.0. The van der Waals surface area contributed by atoms with Crippen molar-refractivity contribution < 1.29 is 41.8 Å². The Morgan fingerprint density at radius 1 is 1.07 bits per heavy atom. The maximum absolute atomic E-state index is 13.0. The minimum atomic E-state index is -5.08. The van der Waals surface area contributed by atoms with Gasteiger partial charge in [-0.3, -0.25) is 14.6 Å². The van der Waals surface area contributed by atoms with E-state index in [0.717, 1.165) is 16.5 Å². The summed E-state index contributed by atoms with van der Waals surface area (Å²) in [5, 5.41) is 13.6. The highest BCUT2D eigenvalue weighted by molar-refractivity contribution is 6.05. The summed E-state index contributed by atoms with van der Waals surface area (Å²) in [5.74, 6) is -2.87. The van der Waals surface area contributed by atoms with Gasteiger partial charge in [0.05, 0.1) is 24.9 Å². The molecule has 2 heterocycles. The molecule has 45 heavy (non-hydrogen) atoms. The van der Waals surface area contributed by atoms with E-state index in [4.69, 9.17) is 30.5 Å². The van der Waals surface area contributed by atoms with Crippen LogP contribution in [0.1, 0.15) is 47.2 Å². The highest BCUT2D eigenvalue weighted by Crippen LogP contribution is 2.32. The minimum Gasteiger partial charge on any atom is -0.494 e. The van der Waals surface area contributed by atoms with Gasteiger partial charge in [0.25, 0.3) is 5.91 Å². The van der Waals surface area contributed by atoms with Crippen molar-refractivity contribution in [2.45, 2.75) is 43.9 Å². The number of anilines is 1. The summed E-state index contributed by atoms with van der Waals surface area (Å²) in [5.41, 5.74) is 13.9.